The molecule has 3 aromatic carbocycles. The molecule has 1 N–H and O–H groups in total. The summed E-state index contributed by atoms with van der Waals surface area (Å²) in [6.45, 7) is 0.437. The molecule has 0 aromatic heterocycles. The number of ether oxygens (including phenoxy) is 2. The summed E-state index contributed by atoms with van der Waals surface area (Å²) in [6, 6.07) is 23.9. The molecule has 3 aromatic rings. The van der Waals surface area contributed by atoms with Crippen molar-refractivity contribution in [2.75, 3.05) is 0 Å². The molecule has 148 valence electrons. The van der Waals surface area contributed by atoms with E-state index >= 15 is 0 Å². The first-order chi connectivity index (χ1) is 14.5. The Balaban J connectivity index is 1.63. The quantitative estimate of drug-likeness (QED) is 0.272. The highest BCUT2D eigenvalue weighted by atomic mass is 16.5. The van der Waals surface area contributed by atoms with Gasteiger partial charge < -0.3 is 14.6 Å². The number of rotatable bonds is 7. The number of benzene rings is 3. The van der Waals surface area contributed by atoms with Crippen LogP contribution >= 0.6 is 0 Å². The van der Waals surface area contributed by atoms with Gasteiger partial charge in [-0.1, -0.05) is 42.5 Å². The van der Waals surface area contributed by atoms with E-state index in [0.29, 0.717) is 17.9 Å². The van der Waals surface area contributed by atoms with Gasteiger partial charge in [-0.25, -0.2) is 9.59 Å². The summed E-state index contributed by atoms with van der Waals surface area (Å²) in [7, 11) is 0. The zero-order valence-corrected chi connectivity index (χ0v) is 15.8. The van der Waals surface area contributed by atoms with E-state index in [9.17, 15) is 14.9 Å². The molecular weight excluding hydrogens is 382 g/mol. The highest BCUT2D eigenvalue weighted by Gasteiger charge is 2.13. The van der Waals surface area contributed by atoms with Crippen molar-refractivity contribution < 1.29 is 24.2 Å². The lowest BCUT2D eigenvalue weighted by Gasteiger charge is -2.07. The fraction of sp³-hybridized carbons (Fsp3) is 0.0417. The molecule has 0 bridgehead atoms. The summed E-state index contributed by atoms with van der Waals surface area (Å²) in [5.74, 6) is -1.10. The van der Waals surface area contributed by atoms with Gasteiger partial charge in [0.15, 0.2) is 0 Å². The second kappa shape index (κ2) is 9.71. The van der Waals surface area contributed by atoms with Crippen LogP contribution in [0.15, 0.2) is 84.4 Å². The van der Waals surface area contributed by atoms with Crippen molar-refractivity contribution in [1.29, 1.82) is 5.26 Å². The van der Waals surface area contributed by atoms with E-state index in [1.54, 1.807) is 24.3 Å². The lowest BCUT2D eigenvalue weighted by atomic mass is 10.1. The third-order valence-corrected chi connectivity index (χ3v) is 4.09. The normalized spacial score (nSPS) is 10.7. The highest BCUT2D eigenvalue weighted by molar-refractivity contribution is 5.99. The van der Waals surface area contributed by atoms with Crippen LogP contribution in [0, 0.1) is 11.3 Å². The van der Waals surface area contributed by atoms with Gasteiger partial charge in [0.1, 0.15) is 29.7 Å². The monoisotopic (exact) mass is 399 g/mol. The molecular formula is C24H17NO5. The number of carboxylic acids is 1. The lowest BCUT2D eigenvalue weighted by Crippen LogP contribution is -2.10. The van der Waals surface area contributed by atoms with Gasteiger partial charge in [-0.3, -0.25) is 0 Å². The van der Waals surface area contributed by atoms with Crippen LogP contribution in [0.1, 0.15) is 21.5 Å². The molecule has 0 aliphatic rings. The Hall–Kier alpha value is -4.37. The minimum absolute atomic E-state index is 0.0698. The van der Waals surface area contributed by atoms with Crippen LogP contribution in [0.5, 0.6) is 11.5 Å². The maximum Gasteiger partial charge on any atom is 0.354 e. The number of nitrogens with zero attached hydrogens (tertiary/aromatic N) is 1. The van der Waals surface area contributed by atoms with Gasteiger partial charge in [-0.2, -0.15) is 5.26 Å². The Bertz CT molecular complexity index is 1100. The van der Waals surface area contributed by atoms with E-state index in [1.165, 1.54) is 30.3 Å². The molecule has 0 unspecified atom stereocenters. The number of esters is 1. The Labute approximate surface area is 173 Å². The second-order valence-corrected chi connectivity index (χ2v) is 6.23. The first kappa shape index (κ1) is 20.4. The number of carboxylic acid groups (broad SMARTS) is 1. The van der Waals surface area contributed by atoms with Gasteiger partial charge >= 0.3 is 11.9 Å². The molecule has 0 radical (unpaired) electrons. The SMILES string of the molecule is N#C/C(=C\c1ccc(OCc2ccccc2)cc1)C(=O)Oc1ccc(C(=O)O)cc1. The molecule has 6 heteroatoms. The standard InChI is InChI=1S/C24H17NO5/c25-15-20(24(28)30-22-12-8-19(9-13-22)23(26)27)14-17-6-10-21(11-7-17)29-16-18-4-2-1-3-5-18/h1-14H,16H2,(H,26,27)/b20-14+. The molecule has 0 aliphatic carbocycles. The van der Waals surface area contributed by atoms with Gasteiger partial charge in [0.25, 0.3) is 0 Å². The summed E-state index contributed by atoms with van der Waals surface area (Å²) in [6.07, 6.45) is 1.41. The van der Waals surface area contributed by atoms with Gasteiger partial charge in [0.05, 0.1) is 5.56 Å². The molecule has 30 heavy (non-hydrogen) atoms. The smallest absolute Gasteiger partial charge is 0.354 e. The Morgan fingerprint density at radius 1 is 0.900 bits per heavy atom. The Morgan fingerprint density at radius 3 is 2.13 bits per heavy atom. The first-order valence-corrected chi connectivity index (χ1v) is 8.99. The first-order valence-electron chi connectivity index (χ1n) is 8.99. The van der Waals surface area contributed by atoms with Crippen LogP contribution in [0.4, 0.5) is 0 Å². The van der Waals surface area contributed by atoms with Crippen LogP contribution < -0.4 is 9.47 Å². The van der Waals surface area contributed by atoms with Crippen LogP contribution in [0.3, 0.4) is 0 Å². The number of carbonyl (C=O) groups excluding carboxylic acids is 1. The van der Waals surface area contributed by atoms with Crippen LogP contribution in [-0.4, -0.2) is 17.0 Å². The number of carbonyl (C=O) groups is 2. The van der Waals surface area contributed by atoms with Crippen molar-refractivity contribution in [3.63, 3.8) is 0 Å². The van der Waals surface area contributed by atoms with Crippen molar-refractivity contribution >= 4 is 18.0 Å². The van der Waals surface area contributed by atoms with Crippen molar-refractivity contribution in [2.45, 2.75) is 6.61 Å². The summed E-state index contributed by atoms with van der Waals surface area (Å²) in [4.78, 5) is 23.1. The predicted molar refractivity (Wildman–Crippen MR) is 110 cm³/mol. The van der Waals surface area contributed by atoms with E-state index < -0.39 is 11.9 Å². The molecule has 0 saturated heterocycles. The van der Waals surface area contributed by atoms with Gasteiger partial charge in [-0.05, 0) is 53.6 Å². The van der Waals surface area contributed by atoms with Crippen LogP contribution in [0.2, 0.25) is 0 Å². The molecule has 0 atom stereocenters. The molecule has 0 amide bonds. The zero-order chi connectivity index (χ0) is 21.3. The third-order valence-electron chi connectivity index (χ3n) is 4.09. The predicted octanol–water partition coefficient (Wildman–Crippen LogP) is 4.48. The maximum absolute atomic E-state index is 12.2. The van der Waals surface area contributed by atoms with Crippen molar-refractivity contribution in [1.82, 2.24) is 0 Å². The number of aromatic carboxylic acids is 1. The van der Waals surface area contributed by atoms with Gasteiger partial charge in [0.2, 0.25) is 0 Å². The molecule has 0 spiro atoms. The average molecular weight is 399 g/mol. The lowest BCUT2D eigenvalue weighted by molar-refractivity contribution is -0.129. The van der Waals surface area contributed by atoms with Crippen LogP contribution in [0.25, 0.3) is 6.08 Å². The maximum atomic E-state index is 12.2. The molecule has 6 nitrogen and oxygen atoms in total. The molecule has 0 heterocycles. The minimum Gasteiger partial charge on any atom is -0.489 e. The van der Waals surface area contributed by atoms with E-state index in [4.69, 9.17) is 14.6 Å². The molecule has 0 fully saturated rings. The number of hydrogen-bond acceptors (Lipinski definition) is 5. The van der Waals surface area contributed by atoms with Gasteiger partial charge in [-0.15, -0.1) is 0 Å². The third kappa shape index (κ3) is 5.57. The van der Waals surface area contributed by atoms with Crippen molar-refractivity contribution in [3.05, 3.63) is 101 Å². The average Bonchev–Trinajstić information content (AvgIpc) is 2.78. The number of nitriles is 1. The summed E-state index contributed by atoms with van der Waals surface area (Å²) in [5, 5.41) is 18.2. The van der Waals surface area contributed by atoms with Crippen molar-refractivity contribution in [3.8, 4) is 17.6 Å². The topological polar surface area (TPSA) is 96.6 Å². The van der Waals surface area contributed by atoms with E-state index in [2.05, 4.69) is 0 Å². The highest BCUT2D eigenvalue weighted by Crippen LogP contribution is 2.18. The molecule has 0 aliphatic heterocycles. The fourth-order valence-corrected chi connectivity index (χ4v) is 2.53. The fourth-order valence-electron chi connectivity index (χ4n) is 2.53. The zero-order valence-electron chi connectivity index (χ0n) is 15.8. The summed E-state index contributed by atoms with van der Waals surface area (Å²) in [5.41, 5.74) is 1.57. The largest absolute Gasteiger partial charge is 0.489 e. The second-order valence-electron chi connectivity index (χ2n) is 6.23. The van der Waals surface area contributed by atoms with Crippen molar-refractivity contribution in [2.24, 2.45) is 0 Å². The van der Waals surface area contributed by atoms with E-state index in [0.717, 1.165) is 5.56 Å². The summed E-state index contributed by atoms with van der Waals surface area (Å²) >= 11 is 0. The molecule has 0 saturated carbocycles. The van der Waals surface area contributed by atoms with Crippen LogP contribution in [-0.2, 0) is 11.4 Å². The Kier molecular flexibility index (Phi) is 6.59. The van der Waals surface area contributed by atoms with Gasteiger partial charge in [0, 0.05) is 0 Å². The number of hydrogen-bond donors (Lipinski definition) is 1. The van der Waals surface area contributed by atoms with E-state index in [-0.39, 0.29) is 16.9 Å². The molecule has 3 rings (SSSR count). The minimum atomic E-state index is -1.08. The Morgan fingerprint density at radius 2 is 1.53 bits per heavy atom. The summed E-state index contributed by atoms with van der Waals surface area (Å²) < 4.78 is 10.9. The van der Waals surface area contributed by atoms with E-state index in [1.807, 2.05) is 36.4 Å².